The van der Waals surface area contributed by atoms with Crippen LogP contribution in [0.4, 0.5) is 0 Å². The van der Waals surface area contributed by atoms with Crippen molar-refractivity contribution in [3.63, 3.8) is 0 Å². The standard InChI is InChI=1S/C11H11NO3S/c13-11-15-10-7(2-1-3-9(10)16-11)8-6-12-4-5-14-8/h1-3,8,12H,4-6H2. The van der Waals surface area contributed by atoms with Crippen LogP contribution < -0.4 is 10.3 Å². The minimum Gasteiger partial charge on any atom is -0.414 e. The van der Waals surface area contributed by atoms with Crippen LogP contribution >= 0.6 is 11.3 Å². The minimum atomic E-state index is -0.258. The van der Waals surface area contributed by atoms with Gasteiger partial charge >= 0.3 is 4.94 Å². The molecule has 3 rings (SSSR count). The highest BCUT2D eigenvalue weighted by Gasteiger charge is 2.20. The number of fused-ring (bicyclic) bond motifs is 1. The Morgan fingerprint density at radius 2 is 2.38 bits per heavy atom. The molecule has 0 aliphatic carbocycles. The number of morpholine rings is 1. The van der Waals surface area contributed by atoms with Crippen LogP contribution in [0.25, 0.3) is 10.3 Å². The van der Waals surface area contributed by atoms with E-state index in [1.165, 1.54) is 0 Å². The largest absolute Gasteiger partial charge is 0.414 e. The molecule has 2 aromatic rings. The first-order chi connectivity index (χ1) is 7.84. The molecule has 1 aliphatic rings. The minimum absolute atomic E-state index is 0.0183. The fourth-order valence-electron chi connectivity index (χ4n) is 1.94. The van der Waals surface area contributed by atoms with Crippen LogP contribution in [0.5, 0.6) is 0 Å². The van der Waals surface area contributed by atoms with Crippen molar-refractivity contribution in [1.82, 2.24) is 5.32 Å². The van der Waals surface area contributed by atoms with Gasteiger partial charge in [-0.15, -0.1) is 0 Å². The third-order valence-electron chi connectivity index (χ3n) is 2.66. The van der Waals surface area contributed by atoms with Crippen LogP contribution in [0.1, 0.15) is 11.7 Å². The predicted octanol–water partition coefficient (Wildman–Crippen LogP) is 1.52. The van der Waals surface area contributed by atoms with Crippen LogP contribution in [0.2, 0.25) is 0 Å². The maximum Gasteiger partial charge on any atom is 0.396 e. The van der Waals surface area contributed by atoms with Gasteiger partial charge in [0.15, 0.2) is 5.58 Å². The Morgan fingerprint density at radius 1 is 1.44 bits per heavy atom. The summed E-state index contributed by atoms with van der Waals surface area (Å²) in [5.74, 6) is 0. The molecule has 1 aromatic carbocycles. The fourth-order valence-corrected chi connectivity index (χ4v) is 2.64. The first-order valence-electron chi connectivity index (χ1n) is 5.19. The van der Waals surface area contributed by atoms with Gasteiger partial charge in [-0.25, -0.2) is 4.79 Å². The van der Waals surface area contributed by atoms with Gasteiger partial charge < -0.3 is 14.5 Å². The van der Waals surface area contributed by atoms with Crippen molar-refractivity contribution in [2.24, 2.45) is 0 Å². The zero-order valence-corrected chi connectivity index (χ0v) is 9.38. The SMILES string of the molecule is O=c1oc2c(C3CNCCO3)cccc2s1. The third-order valence-corrected chi connectivity index (χ3v) is 3.45. The van der Waals surface area contributed by atoms with Gasteiger partial charge in [0.25, 0.3) is 0 Å². The lowest BCUT2D eigenvalue weighted by Crippen LogP contribution is -2.33. The molecule has 1 unspecified atom stereocenters. The predicted molar refractivity (Wildman–Crippen MR) is 61.9 cm³/mol. The van der Waals surface area contributed by atoms with Gasteiger partial charge in [-0.05, 0) is 6.07 Å². The normalized spacial score (nSPS) is 21.4. The Hall–Kier alpha value is -1.17. The second-order valence-electron chi connectivity index (χ2n) is 3.69. The summed E-state index contributed by atoms with van der Waals surface area (Å²) in [5, 5.41) is 3.26. The summed E-state index contributed by atoms with van der Waals surface area (Å²) in [4.78, 5) is 11.0. The van der Waals surface area contributed by atoms with E-state index in [9.17, 15) is 4.79 Å². The van der Waals surface area contributed by atoms with Gasteiger partial charge in [0.2, 0.25) is 0 Å². The van der Waals surface area contributed by atoms with Crippen molar-refractivity contribution in [3.05, 3.63) is 33.5 Å². The van der Waals surface area contributed by atoms with Crippen molar-refractivity contribution in [3.8, 4) is 0 Å². The van der Waals surface area contributed by atoms with Gasteiger partial charge in [-0.2, -0.15) is 0 Å². The number of hydrogen-bond donors (Lipinski definition) is 1. The molecule has 2 heterocycles. The maximum atomic E-state index is 11.2. The number of rotatable bonds is 1. The molecule has 0 amide bonds. The van der Waals surface area contributed by atoms with Crippen molar-refractivity contribution in [1.29, 1.82) is 0 Å². The average molecular weight is 237 g/mol. The average Bonchev–Trinajstić information content (AvgIpc) is 2.70. The molecule has 1 atom stereocenters. The Morgan fingerprint density at radius 3 is 3.19 bits per heavy atom. The van der Waals surface area contributed by atoms with Crippen molar-refractivity contribution in [2.75, 3.05) is 19.7 Å². The van der Waals surface area contributed by atoms with E-state index in [0.717, 1.165) is 34.7 Å². The Bertz CT molecular complexity index is 554. The topological polar surface area (TPSA) is 51.5 Å². The summed E-state index contributed by atoms with van der Waals surface area (Å²) in [7, 11) is 0. The fraction of sp³-hybridized carbons (Fsp3) is 0.364. The van der Waals surface area contributed by atoms with Crippen LogP contribution in [0.15, 0.2) is 27.4 Å². The van der Waals surface area contributed by atoms with E-state index < -0.39 is 0 Å². The van der Waals surface area contributed by atoms with Crippen LogP contribution in [0, 0.1) is 0 Å². The lowest BCUT2D eigenvalue weighted by Gasteiger charge is -2.23. The summed E-state index contributed by atoms with van der Waals surface area (Å²) in [6, 6.07) is 5.78. The van der Waals surface area contributed by atoms with E-state index in [4.69, 9.17) is 9.15 Å². The molecular formula is C11H11NO3S. The summed E-state index contributed by atoms with van der Waals surface area (Å²) in [6.45, 7) is 2.33. The van der Waals surface area contributed by atoms with Crippen LogP contribution in [0.3, 0.4) is 0 Å². The highest BCUT2D eigenvalue weighted by atomic mass is 32.1. The smallest absolute Gasteiger partial charge is 0.396 e. The maximum absolute atomic E-state index is 11.2. The summed E-state index contributed by atoms with van der Waals surface area (Å²) < 4.78 is 11.8. The number of nitrogens with one attached hydrogen (secondary N) is 1. The molecule has 1 aliphatic heterocycles. The molecule has 0 bridgehead atoms. The van der Waals surface area contributed by atoms with Crippen LogP contribution in [-0.2, 0) is 4.74 Å². The second-order valence-corrected chi connectivity index (χ2v) is 4.67. The first kappa shape index (κ1) is 10.0. The molecular weight excluding hydrogens is 226 g/mol. The summed E-state index contributed by atoms with van der Waals surface area (Å²) in [5.41, 5.74) is 1.63. The van der Waals surface area contributed by atoms with Crippen LogP contribution in [-0.4, -0.2) is 19.7 Å². The molecule has 5 heteroatoms. The van der Waals surface area contributed by atoms with Gasteiger partial charge in [-0.3, -0.25) is 0 Å². The van der Waals surface area contributed by atoms with E-state index in [2.05, 4.69) is 5.32 Å². The lowest BCUT2D eigenvalue weighted by atomic mass is 10.1. The lowest BCUT2D eigenvalue weighted by molar-refractivity contribution is 0.0280. The van der Waals surface area contributed by atoms with Gasteiger partial charge in [-0.1, -0.05) is 23.5 Å². The number of benzene rings is 1. The molecule has 1 aromatic heterocycles. The van der Waals surface area contributed by atoms with Gasteiger partial charge in [0.1, 0.15) is 0 Å². The summed E-state index contributed by atoms with van der Waals surface area (Å²) in [6.07, 6.45) is -0.0183. The van der Waals surface area contributed by atoms with Crippen molar-refractivity contribution in [2.45, 2.75) is 6.10 Å². The molecule has 1 fully saturated rings. The zero-order valence-electron chi connectivity index (χ0n) is 8.56. The molecule has 1 N–H and O–H groups in total. The van der Waals surface area contributed by atoms with Gasteiger partial charge in [0, 0.05) is 18.7 Å². The molecule has 0 radical (unpaired) electrons. The molecule has 16 heavy (non-hydrogen) atoms. The highest BCUT2D eigenvalue weighted by molar-refractivity contribution is 7.16. The van der Waals surface area contributed by atoms with Crippen molar-refractivity contribution >= 4 is 21.6 Å². The Labute approximate surface area is 95.8 Å². The summed E-state index contributed by atoms with van der Waals surface area (Å²) >= 11 is 1.13. The number of ether oxygens (including phenoxy) is 1. The van der Waals surface area contributed by atoms with E-state index in [1.807, 2.05) is 18.2 Å². The van der Waals surface area contributed by atoms with Gasteiger partial charge in [0.05, 0.1) is 17.4 Å². The van der Waals surface area contributed by atoms with E-state index in [1.54, 1.807) is 0 Å². The van der Waals surface area contributed by atoms with E-state index in [-0.39, 0.29) is 11.0 Å². The molecule has 4 nitrogen and oxygen atoms in total. The first-order valence-corrected chi connectivity index (χ1v) is 6.01. The second kappa shape index (κ2) is 4.01. The van der Waals surface area contributed by atoms with Crippen molar-refractivity contribution < 1.29 is 9.15 Å². The monoisotopic (exact) mass is 237 g/mol. The molecule has 0 saturated carbocycles. The molecule has 0 spiro atoms. The van der Waals surface area contributed by atoms with E-state index in [0.29, 0.717) is 12.2 Å². The number of para-hydroxylation sites is 1. The number of hydrogen-bond acceptors (Lipinski definition) is 5. The third kappa shape index (κ3) is 1.67. The quantitative estimate of drug-likeness (QED) is 0.817. The Kier molecular flexibility index (Phi) is 2.51. The Balaban J connectivity index is 2.11. The zero-order chi connectivity index (χ0) is 11.0. The molecule has 84 valence electrons. The molecule has 1 saturated heterocycles. The van der Waals surface area contributed by atoms with E-state index >= 15 is 0 Å². The highest BCUT2D eigenvalue weighted by Crippen LogP contribution is 2.28.